The Balaban J connectivity index is 1.46. The quantitative estimate of drug-likeness (QED) is 0.557. The summed E-state index contributed by atoms with van der Waals surface area (Å²) in [6.07, 6.45) is 3.97. The van der Waals surface area contributed by atoms with Gasteiger partial charge in [-0.15, -0.1) is 0 Å². The van der Waals surface area contributed by atoms with Crippen LogP contribution < -0.4 is 15.4 Å². The van der Waals surface area contributed by atoms with Gasteiger partial charge < -0.3 is 10.6 Å². The van der Waals surface area contributed by atoms with Crippen molar-refractivity contribution in [2.75, 3.05) is 18.4 Å². The summed E-state index contributed by atoms with van der Waals surface area (Å²) in [6.45, 7) is -0.0510. The molecule has 2 aromatic carbocycles. The minimum absolute atomic E-state index is 0.00633. The van der Waals surface area contributed by atoms with Crippen LogP contribution >= 0.6 is 0 Å². The molecule has 2 amide bonds. The van der Waals surface area contributed by atoms with Crippen LogP contribution in [0, 0.1) is 11.7 Å². The Labute approximate surface area is 175 Å². The largest absolute Gasteiger partial charge is 0.351 e. The van der Waals surface area contributed by atoms with Gasteiger partial charge in [0.15, 0.2) is 0 Å². The minimum Gasteiger partial charge on any atom is -0.351 e. The van der Waals surface area contributed by atoms with E-state index in [4.69, 9.17) is 0 Å². The monoisotopic (exact) mass is 433 g/mol. The predicted octanol–water partition coefficient (Wildman–Crippen LogP) is 2.66. The van der Waals surface area contributed by atoms with E-state index >= 15 is 0 Å². The predicted molar refractivity (Wildman–Crippen MR) is 111 cm³/mol. The number of carbonyl (C=O) groups excluding carboxylic acids is 2. The number of nitrogens with one attached hydrogen (secondary N) is 3. The number of benzene rings is 2. The molecule has 1 aliphatic carbocycles. The molecule has 0 bridgehead atoms. The van der Waals surface area contributed by atoms with Crippen LogP contribution in [-0.4, -0.2) is 33.3 Å². The van der Waals surface area contributed by atoms with Crippen LogP contribution in [-0.2, 0) is 14.8 Å². The first-order valence-electron chi connectivity index (χ1n) is 9.80. The van der Waals surface area contributed by atoms with E-state index in [2.05, 4.69) is 15.4 Å². The summed E-state index contributed by atoms with van der Waals surface area (Å²) in [5, 5.41) is 5.46. The summed E-state index contributed by atoms with van der Waals surface area (Å²) >= 11 is 0. The van der Waals surface area contributed by atoms with E-state index in [-0.39, 0.29) is 30.8 Å². The fraction of sp³-hybridized carbons (Fsp3) is 0.333. The fourth-order valence-electron chi connectivity index (χ4n) is 3.34. The molecule has 0 radical (unpaired) electrons. The lowest BCUT2D eigenvalue weighted by atomic mass is 10.1. The number of anilines is 1. The summed E-state index contributed by atoms with van der Waals surface area (Å²) in [5.41, 5.74) is 1.01. The van der Waals surface area contributed by atoms with E-state index in [1.54, 1.807) is 24.3 Å². The van der Waals surface area contributed by atoms with Gasteiger partial charge in [-0.25, -0.2) is 17.5 Å². The van der Waals surface area contributed by atoms with E-state index in [1.807, 2.05) is 0 Å². The topological polar surface area (TPSA) is 104 Å². The molecular weight excluding hydrogens is 409 g/mol. The van der Waals surface area contributed by atoms with Gasteiger partial charge in [-0.3, -0.25) is 9.59 Å². The maximum Gasteiger partial charge on any atom is 0.251 e. The van der Waals surface area contributed by atoms with Gasteiger partial charge >= 0.3 is 0 Å². The molecule has 160 valence electrons. The Bertz CT molecular complexity index is 1000. The molecule has 1 aliphatic rings. The number of carbonyl (C=O) groups is 2. The number of sulfonamides is 1. The van der Waals surface area contributed by atoms with Gasteiger partial charge in [-0.2, -0.15) is 0 Å². The van der Waals surface area contributed by atoms with Crippen LogP contribution in [0.5, 0.6) is 0 Å². The summed E-state index contributed by atoms with van der Waals surface area (Å²) < 4.78 is 40.1. The van der Waals surface area contributed by atoms with Crippen LogP contribution in [0.2, 0.25) is 0 Å². The average molecular weight is 434 g/mol. The maximum absolute atomic E-state index is 13.6. The molecule has 3 N–H and O–H groups in total. The Hall–Kier alpha value is -2.78. The summed E-state index contributed by atoms with van der Waals surface area (Å²) in [4.78, 5) is 23.9. The third-order valence-electron chi connectivity index (χ3n) is 4.97. The highest BCUT2D eigenvalue weighted by Gasteiger charge is 2.22. The zero-order valence-corrected chi connectivity index (χ0v) is 17.2. The zero-order chi connectivity index (χ0) is 21.6. The standard InChI is InChI=1S/C21H24FN3O4S/c22-18-7-3-4-8-19(18)30(28,29)24-14-13-23-20(26)16-9-11-17(12-10-16)25-21(27)15-5-1-2-6-15/h3-4,7-12,15,24H,1-2,5-6,13-14H2,(H,23,26)(H,25,27). The molecule has 0 spiro atoms. The molecule has 0 atom stereocenters. The fourth-order valence-corrected chi connectivity index (χ4v) is 4.45. The molecule has 9 heteroatoms. The number of rotatable bonds is 8. The molecular formula is C21H24FN3O4S. The van der Waals surface area contributed by atoms with Crippen molar-refractivity contribution in [1.82, 2.24) is 10.0 Å². The smallest absolute Gasteiger partial charge is 0.251 e. The number of hydrogen-bond acceptors (Lipinski definition) is 4. The van der Waals surface area contributed by atoms with Crippen LogP contribution in [0.1, 0.15) is 36.0 Å². The van der Waals surface area contributed by atoms with Gasteiger partial charge in [0.2, 0.25) is 15.9 Å². The third-order valence-corrected chi connectivity index (χ3v) is 6.46. The van der Waals surface area contributed by atoms with Gasteiger partial charge in [-0.1, -0.05) is 25.0 Å². The molecule has 0 saturated heterocycles. The SMILES string of the molecule is O=C(NCCNS(=O)(=O)c1ccccc1F)c1ccc(NC(=O)C2CCCC2)cc1. The number of amides is 2. The van der Waals surface area contributed by atoms with Gasteiger partial charge in [0.25, 0.3) is 5.91 Å². The van der Waals surface area contributed by atoms with Crippen LogP contribution in [0.25, 0.3) is 0 Å². The molecule has 0 aromatic heterocycles. The molecule has 0 heterocycles. The summed E-state index contributed by atoms with van der Waals surface area (Å²) in [5.74, 6) is -1.16. The average Bonchev–Trinajstić information content (AvgIpc) is 3.27. The second-order valence-electron chi connectivity index (χ2n) is 7.13. The lowest BCUT2D eigenvalue weighted by Gasteiger charge is -2.11. The van der Waals surface area contributed by atoms with E-state index in [9.17, 15) is 22.4 Å². The highest BCUT2D eigenvalue weighted by molar-refractivity contribution is 7.89. The summed E-state index contributed by atoms with van der Waals surface area (Å²) in [6, 6.07) is 11.6. The van der Waals surface area contributed by atoms with Crippen molar-refractivity contribution in [3.8, 4) is 0 Å². The molecule has 1 fully saturated rings. The van der Waals surface area contributed by atoms with Crippen molar-refractivity contribution >= 4 is 27.5 Å². The number of halogens is 1. The first-order chi connectivity index (χ1) is 14.4. The van der Waals surface area contributed by atoms with Gasteiger partial charge in [0.1, 0.15) is 10.7 Å². The van der Waals surface area contributed by atoms with Crippen molar-refractivity contribution in [2.45, 2.75) is 30.6 Å². The van der Waals surface area contributed by atoms with Crippen LogP contribution in [0.3, 0.4) is 0 Å². The van der Waals surface area contributed by atoms with Gasteiger partial charge in [-0.05, 0) is 49.2 Å². The van der Waals surface area contributed by atoms with Gasteiger partial charge in [0.05, 0.1) is 0 Å². The molecule has 3 rings (SSSR count). The maximum atomic E-state index is 13.6. The normalized spacial score (nSPS) is 14.4. The van der Waals surface area contributed by atoms with Crippen LogP contribution in [0.15, 0.2) is 53.4 Å². The van der Waals surface area contributed by atoms with E-state index in [0.29, 0.717) is 11.3 Å². The Kier molecular flexibility index (Phi) is 7.17. The molecule has 0 unspecified atom stereocenters. The summed E-state index contributed by atoms with van der Waals surface area (Å²) in [7, 11) is -3.99. The molecule has 2 aromatic rings. The molecule has 7 nitrogen and oxygen atoms in total. The Morgan fingerprint density at radius 3 is 2.30 bits per heavy atom. The zero-order valence-electron chi connectivity index (χ0n) is 16.4. The highest BCUT2D eigenvalue weighted by Crippen LogP contribution is 2.26. The molecule has 30 heavy (non-hydrogen) atoms. The molecule has 0 aliphatic heterocycles. The third kappa shape index (κ3) is 5.64. The van der Waals surface area contributed by atoms with E-state index in [0.717, 1.165) is 31.7 Å². The minimum atomic E-state index is -3.99. The van der Waals surface area contributed by atoms with Crippen LogP contribution in [0.4, 0.5) is 10.1 Å². The second-order valence-corrected chi connectivity index (χ2v) is 8.87. The second kappa shape index (κ2) is 9.82. The van der Waals surface area contributed by atoms with Crippen molar-refractivity contribution in [1.29, 1.82) is 0 Å². The number of hydrogen-bond donors (Lipinski definition) is 3. The van der Waals surface area contributed by atoms with E-state index < -0.39 is 20.7 Å². The highest BCUT2D eigenvalue weighted by atomic mass is 32.2. The lowest BCUT2D eigenvalue weighted by Crippen LogP contribution is -2.35. The van der Waals surface area contributed by atoms with E-state index in [1.165, 1.54) is 18.2 Å². The van der Waals surface area contributed by atoms with Crippen molar-refractivity contribution in [3.63, 3.8) is 0 Å². The van der Waals surface area contributed by atoms with Crippen molar-refractivity contribution in [3.05, 3.63) is 59.9 Å². The first kappa shape index (κ1) is 21.9. The first-order valence-corrected chi connectivity index (χ1v) is 11.3. The van der Waals surface area contributed by atoms with Crippen molar-refractivity contribution < 1.29 is 22.4 Å². The Morgan fingerprint density at radius 2 is 1.63 bits per heavy atom. The van der Waals surface area contributed by atoms with Crippen molar-refractivity contribution in [2.24, 2.45) is 5.92 Å². The van der Waals surface area contributed by atoms with Gasteiger partial charge in [0, 0.05) is 30.3 Å². The molecule has 1 saturated carbocycles. The Morgan fingerprint density at radius 1 is 0.967 bits per heavy atom. The lowest BCUT2D eigenvalue weighted by molar-refractivity contribution is -0.119.